The van der Waals surface area contributed by atoms with Gasteiger partial charge in [0.25, 0.3) is 10.1 Å². The molecule has 0 aliphatic rings. The average molecular weight is 307 g/mol. The molecule has 0 fully saturated rings. The molecule has 0 aromatic carbocycles. The van der Waals surface area contributed by atoms with Crippen LogP contribution in [0.4, 0.5) is 0 Å². The SMILES string of the molecule is CCS(=O)(=O)O.[Au]. The Bertz CT molecular complexity index is 115. The molecule has 0 aliphatic carbocycles. The van der Waals surface area contributed by atoms with Crippen molar-refractivity contribution in [2.45, 2.75) is 6.92 Å². The molecule has 0 atom stereocenters. The van der Waals surface area contributed by atoms with Crippen molar-refractivity contribution in [1.29, 1.82) is 0 Å². The number of hydrogen-bond acceptors (Lipinski definition) is 2. The van der Waals surface area contributed by atoms with E-state index >= 15 is 0 Å². The summed E-state index contributed by atoms with van der Waals surface area (Å²) in [6.45, 7) is 1.37. The predicted molar refractivity (Wildman–Crippen MR) is 22.1 cm³/mol. The largest absolute Gasteiger partial charge is 0.286 e. The fraction of sp³-hybridized carbons (Fsp3) is 1.00. The van der Waals surface area contributed by atoms with Gasteiger partial charge in [-0.1, -0.05) is 0 Å². The van der Waals surface area contributed by atoms with Crippen molar-refractivity contribution in [3.05, 3.63) is 0 Å². The third-order valence-electron chi connectivity index (χ3n) is 0.365. The van der Waals surface area contributed by atoms with Crippen LogP contribution in [0.1, 0.15) is 6.92 Å². The first-order valence-electron chi connectivity index (χ1n) is 1.51. The molecule has 7 heavy (non-hydrogen) atoms. The second-order valence-electron chi connectivity index (χ2n) is 0.871. The Kier molecular flexibility index (Phi) is 5.49. The summed E-state index contributed by atoms with van der Waals surface area (Å²) in [5, 5.41) is 0. The van der Waals surface area contributed by atoms with Crippen LogP contribution in [0.5, 0.6) is 0 Å². The normalized spacial score (nSPS) is 10.0. The molecule has 0 saturated carbocycles. The van der Waals surface area contributed by atoms with E-state index in [1.54, 1.807) is 0 Å². The Balaban J connectivity index is 0. The Morgan fingerprint density at radius 3 is 1.71 bits per heavy atom. The summed E-state index contributed by atoms with van der Waals surface area (Å²) in [6, 6.07) is 0. The number of rotatable bonds is 1. The molecule has 0 heterocycles. The van der Waals surface area contributed by atoms with Gasteiger partial charge in [0.05, 0.1) is 5.75 Å². The van der Waals surface area contributed by atoms with Crippen LogP contribution in [0.3, 0.4) is 0 Å². The molecule has 0 amide bonds. The predicted octanol–water partition coefficient (Wildman–Crippen LogP) is -0.108. The first-order valence-corrected chi connectivity index (χ1v) is 3.12. The topological polar surface area (TPSA) is 54.4 Å². The summed E-state index contributed by atoms with van der Waals surface area (Å²) in [6.07, 6.45) is 0. The maximum Gasteiger partial charge on any atom is 0.264 e. The van der Waals surface area contributed by atoms with E-state index in [2.05, 4.69) is 0 Å². The van der Waals surface area contributed by atoms with E-state index in [9.17, 15) is 8.42 Å². The van der Waals surface area contributed by atoms with Gasteiger partial charge in [0.2, 0.25) is 0 Å². The van der Waals surface area contributed by atoms with Crippen LogP contribution in [0.25, 0.3) is 0 Å². The maximum absolute atomic E-state index is 9.56. The fourth-order valence-electron chi connectivity index (χ4n) is 0. The molecule has 0 aromatic rings. The van der Waals surface area contributed by atoms with Gasteiger partial charge in [-0.15, -0.1) is 0 Å². The first kappa shape index (κ1) is 10.6. The molecule has 5 heteroatoms. The first-order chi connectivity index (χ1) is 2.56. The Morgan fingerprint density at radius 1 is 1.57 bits per heavy atom. The van der Waals surface area contributed by atoms with Crippen LogP contribution in [-0.4, -0.2) is 18.7 Å². The van der Waals surface area contributed by atoms with Gasteiger partial charge < -0.3 is 0 Å². The zero-order valence-electron chi connectivity index (χ0n) is 3.68. The van der Waals surface area contributed by atoms with Crippen LogP contribution in [0, 0.1) is 0 Å². The second-order valence-corrected chi connectivity index (χ2v) is 2.61. The molecule has 0 unspecified atom stereocenters. The van der Waals surface area contributed by atoms with E-state index in [-0.39, 0.29) is 28.1 Å². The van der Waals surface area contributed by atoms with Crippen LogP contribution in [0.2, 0.25) is 0 Å². The summed E-state index contributed by atoms with van der Waals surface area (Å²) in [5.74, 6) is -0.201. The summed E-state index contributed by atoms with van der Waals surface area (Å²) in [7, 11) is -3.66. The summed E-state index contributed by atoms with van der Waals surface area (Å²) in [5.41, 5.74) is 0. The van der Waals surface area contributed by atoms with E-state index in [0.717, 1.165) is 0 Å². The molecule has 1 N–H and O–H groups in total. The van der Waals surface area contributed by atoms with E-state index in [1.807, 2.05) is 0 Å². The molecule has 0 saturated heterocycles. The molecular weight excluding hydrogens is 301 g/mol. The van der Waals surface area contributed by atoms with Crippen LogP contribution in [0.15, 0.2) is 0 Å². The quantitative estimate of drug-likeness (QED) is 0.543. The van der Waals surface area contributed by atoms with E-state index < -0.39 is 10.1 Å². The summed E-state index contributed by atoms with van der Waals surface area (Å²) < 4.78 is 26.9. The van der Waals surface area contributed by atoms with Gasteiger partial charge in [-0.2, -0.15) is 8.42 Å². The average Bonchev–Trinajstić information content (AvgIpc) is 1.35. The van der Waals surface area contributed by atoms with Crippen LogP contribution in [-0.2, 0) is 32.5 Å². The number of hydrogen-bond donors (Lipinski definition) is 1. The van der Waals surface area contributed by atoms with Crippen molar-refractivity contribution in [1.82, 2.24) is 0 Å². The fourth-order valence-corrected chi connectivity index (χ4v) is 0. The van der Waals surface area contributed by atoms with Crippen LogP contribution >= 0.6 is 0 Å². The van der Waals surface area contributed by atoms with Crippen molar-refractivity contribution >= 4 is 10.1 Å². The smallest absolute Gasteiger partial charge is 0.264 e. The molecule has 0 bridgehead atoms. The molecule has 0 rings (SSSR count). The molecule has 0 aromatic heterocycles. The Labute approximate surface area is 58.4 Å². The van der Waals surface area contributed by atoms with Gasteiger partial charge in [-0.05, 0) is 6.92 Å². The van der Waals surface area contributed by atoms with Gasteiger partial charge in [0.15, 0.2) is 0 Å². The van der Waals surface area contributed by atoms with E-state index in [0.29, 0.717) is 0 Å². The van der Waals surface area contributed by atoms with Crippen molar-refractivity contribution in [2.24, 2.45) is 0 Å². The zero-order valence-corrected chi connectivity index (χ0v) is 6.66. The zero-order chi connectivity index (χ0) is 5.21. The van der Waals surface area contributed by atoms with Crippen molar-refractivity contribution in [3.63, 3.8) is 0 Å². The van der Waals surface area contributed by atoms with Crippen LogP contribution < -0.4 is 0 Å². The van der Waals surface area contributed by atoms with Crippen molar-refractivity contribution in [3.8, 4) is 0 Å². The third kappa shape index (κ3) is 10.8. The van der Waals surface area contributed by atoms with Gasteiger partial charge in [0, 0.05) is 22.4 Å². The Morgan fingerprint density at radius 2 is 1.71 bits per heavy atom. The van der Waals surface area contributed by atoms with Gasteiger partial charge >= 0.3 is 0 Å². The molecule has 0 spiro atoms. The van der Waals surface area contributed by atoms with Gasteiger partial charge in [-0.3, -0.25) is 4.55 Å². The van der Waals surface area contributed by atoms with Crippen molar-refractivity contribution < 1.29 is 35.4 Å². The minimum atomic E-state index is -3.66. The van der Waals surface area contributed by atoms with E-state index in [1.165, 1.54) is 6.92 Å². The molecular formula is C2H6AuO3S. The van der Waals surface area contributed by atoms with Gasteiger partial charge in [0.1, 0.15) is 0 Å². The summed E-state index contributed by atoms with van der Waals surface area (Å²) >= 11 is 0. The monoisotopic (exact) mass is 307 g/mol. The molecule has 3 nitrogen and oxygen atoms in total. The molecule has 0 aliphatic heterocycles. The van der Waals surface area contributed by atoms with Crippen molar-refractivity contribution in [2.75, 3.05) is 5.75 Å². The van der Waals surface area contributed by atoms with Gasteiger partial charge in [-0.25, -0.2) is 0 Å². The Hall–Kier alpha value is 0.650. The molecule has 49 valence electrons. The third-order valence-corrected chi connectivity index (χ3v) is 1.09. The van der Waals surface area contributed by atoms with E-state index in [4.69, 9.17) is 4.55 Å². The second kappa shape index (κ2) is 3.63. The summed E-state index contributed by atoms with van der Waals surface area (Å²) in [4.78, 5) is 0. The molecule has 1 radical (unpaired) electrons. The maximum atomic E-state index is 9.56. The minimum absolute atomic E-state index is 0. The minimum Gasteiger partial charge on any atom is -0.286 e. The standard InChI is InChI=1S/C2H6O3S.Au/c1-2-6(3,4)5;/h2H2,1H3,(H,3,4,5);.